The van der Waals surface area contributed by atoms with Gasteiger partial charge in [-0.1, -0.05) is 42.5 Å². The van der Waals surface area contributed by atoms with Crippen molar-refractivity contribution >= 4 is 21.9 Å². The molecule has 9 heteroatoms. The normalized spacial score (nSPS) is 21.8. The van der Waals surface area contributed by atoms with Crippen LogP contribution in [0.5, 0.6) is 0 Å². The highest BCUT2D eigenvalue weighted by molar-refractivity contribution is 7.86. The molecule has 0 unspecified atom stereocenters. The van der Waals surface area contributed by atoms with Crippen molar-refractivity contribution in [3.05, 3.63) is 82.9 Å². The Morgan fingerprint density at radius 1 is 1.22 bits per heavy atom. The monoisotopic (exact) mass is 392 g/mol. The number of carbonyl (C=O) groups excluding carboxylic acids is 1. The highest BCUT2D eigenvalue weighted by Crippen LogP contribution is 2.32. The fourth-order valence-corrected chi connectivity index (χ4v) is 3.08. The van der Waals surface area contributed by atoms with Gasteiger partial charge in [0, 0.05) is 5.56 Å². The number of carbonyl (C=O) groups is 2. The fourth-order valence-electron chi connectivity index (χ4n) is 2.23. The summed E-state index contributed by atoms with van der Waals surface area (Å²) in [5, 5.41) is 8.94. The summed E-state index contributed by atoms with van der Waals surface area (Å²) in [6.07, 6.45) is -2.52. The number of hydrogen-bond donors (Lipinski definition) is 2. The number of carboxylic acids is 1. The summed E-state index contributed by atoms with van der Waals surface area (Å²) in [6.45, 7) is 0. The predicted molar refractivity (Wildman–Crippen MR) is 93.6 cm³/mol. The van der Waals surface area contributed by atoms with Crippen LogP contribution in [0.25, 0.3) is 0 Å². The van der Waals surface area contributed by atoms with Gasteiger partial charge in [0.15, 0.2) is 6.08 Å². The summed E-state index contributed by atoms with van der Waals surface area (Å²) in [5.74, 6) is -4.36. The van der Waals surface area contributed by atoms with E-state index in [2.05, 4.69) is 4.18 Å². The van der Waals surface area contributed by atoms with Gasteiger partial charge in [-0.15, -0.1) is 0 Å². The molecule has 1 aliphatic rings. The summed E-state index contributed by atoms with van der Waals surface area (Å²) in [4.78, 5) is 23.7. The van der Waals surface area contributed by atoms with E-state index in [-0.39, 0.29) is 16.7 Å². The Balaban J connectivity index is 1.91. The van der Waals surface area contributed by atoms with Crippen molar-refractivity contribution in [2.45, 2.75) is 11.8 Å². The second-order valence-corrected chi connectivity index (χ2v) is 6.62. The molecule has 27 heavy (non-hydrogen) atoms. The van der Waals surface area contributed by atoms with Gasteiger partial charge < -0.3 is 19.8 Å². The molecule has 3 rings (SSSR count). The topological polar surface area (TPSA) is 133 Å². The van der Waals surface area contributed by atoms with Gasteiger partial charge >= 0.3 is 16.1 Å². The van der Waals surface area contributed by atoms with E-state index in [9.17, 15) is 18.0 Å². The minimum Gasteiger partial charge on any atom is -0.478 e. The molecule has 0 bridgehead atoms. The summed E-state index contributed by atoms with van der Waals surface area (Å²) >= 11 is 0. The first kappa shape index (κ1) is 14.8. The molecule has 0 fully saturated rings. The van der Waals surface area contributed by atoms with Gasteiger partial charge in [0.1, 0.15) is 5.70 Å². The van der Waals surface area contributed by atoms with Gasteiger partial charge in [-0.05, 0) is 17.7 Å². The van der Waals surface area contributed by atoms with E-state index in [4.69, 9.17) is 19.7 Å². The number of ether oxygens (including phenoxy) is 1. The molecule has 0 aliphatic carbocycles. The number of nitrogens with two attached hydrogens (primary N) is 1. The van der Waals surface area contributed by atoms with Crippen LogP contribution >= 0.6 is 0 Å². The van der Waals surface area contributed by atoms with Gasteiger partial charge in [0.2, 0.25) is 17.4 Å². The number of hydrogen-bond acceptors (Lipinski definition) is 7. The van der Waals surface area contributed by atoms with E-state index in [1.54, 1.807) is 6.07 Å². The molecule has 0 amide bonds. The number of benzene rings is 2. The van der Waals surface area contributed by atoms with E-state index >= 15 is 0 Å². The molecule has 1 aliphatic heterocycles. The van der Waals surface area contributed by atoms with Crippen LogP contribution in [0.15, 0.2) is 66.2 Å². The van der Waals surface area contributed by atoms with E-state index in [1.165, 1.54) is 24.3 Å². The lowest BCUT2D eigenvalue weighted by Crippen LogP contribution is -2.16. The highest BCUT2D eigenvalue weighted by Gasteiger charge is 2.39. The number of carboxylic acid groups (broad SMARTS) is 1. The van der Waals surface area contributed by atoms with Crippen molar-refractivity contribution in [2.24, 2.45) is 5.73 Å². The molecule has 0 saturated carbocycles. The molecular weight excluding hydrogens is 374 g/mol. The van der Waals surface area contributed by atoms with Crippen LogP contribution in [0, 0.1) is 0 Å². The SMILES string of the molecule is [2H]C([2H])(c1ccccc1)S(=O)(=O)OC1=C(N)O[C@@]([2H])(c2ccc(C(=O)O)cc2)C1=O. The van der Waals surface area contributed by atoms with Gasteiger partial charge in [0.05, 0.1) is 9.68 Å². The number of rotatable bonds is 6. The third kappa shape index (κ3) is 4.09. The first-order valence-electron chi connectivity index (χ1n) is 8.97. The van der Waals surface area contributed by atoms with Crippen LogP contribution in [0.3, 0.4) is 0 Å². The van der Waals surface area contributed by atoms with Gasteiger partial charge in [-0.25, -0.2) is 4.79 Å². The highest BCUT2D eigenvalue weighted by atomic mass is 32.2. The molecule has 0 spiro atoms. The largest absolute Gasteiger partial charge is 0.478 e. The molecule has 0 saturated heterocycles. The number of Topliss-reactive ketones (excluding diaryl/α,β-unsaturated/α-hetero) is 1. The molecule has 0 radical (unpaired) electrons. The third-order valence-electron chi connectivity index (χ3n) is 3.45. The molecule has 3 N–H and O–H groups in total. The van der Waals surface area contributed by atoms with Crippen molar-refractivity contribution in [3.63, 3.8) is 0 Å². The van der Waals surface area contributed by atoms with Crippen molar-refractivity contribution in [1.82, 2.24) is 0 Å². The van der Waals surface area contributed by atoms with Gasteiger partial charge in [0.25, 0.3) is 0 Å². The first-order valence-corrected chi connectivity index (χ1v) is 8.88. The first-order chi connectivity index (χ1) is 13.9. The van der Waals surface area contributed by atoms with Crippen LogP contribution in [0.4, 0.5) is 0 Å². The summed E-state index contributed by atoms with van der Waals surface area (Å²) in [5.41, 5.74) is 2.06. The van der Waals surface area contributed by atoms with Crippen molar-refractivity contribution in [2.75, 3.05) is 0 Å². The molecule has 1 atom stereocenters. The fraction of sp³-hybridized carbons (Fsp3) is 0.111. The van der Waals surface area contributed by atoms with Gasteiger partial charge in [-0.3, -0.25) is 4.79 Å². The van der Waals surface area contributed by atoms with Crippen molar-refractivity contribution in [1.29, 1.82) is 0 Å². The Bertz CT molecular complexity index is 1150. The summed E-state index contributed by atoms with van der Waals surface area (Å²) in [6, 6.07) is 11.4. The smallest absolute Gasteiger partial charge is 0.335 e. The summed E-state index contributed by atoms with van der Waals surface area (Å²) < 4.78 is 59.0. The Morgan fingerprint density at radius 2 is 1.85 bits per heavy atom. The molecule has 2 aromatic rings. The van der Waals surface area contributed by atoms with Crippen LogP contribution in [0.2, 0.25) is 0 Å². The molecular formula is C18H15NO7S. The average Bonchev–Trinajstić information content (AvgIpc) is 2.92. The maximum Gasteiger partial charge on any atom is 0.335 e. The van der Waals surface area contributed by atoms with E-state index in [0.717, 1.165) is 24.3 Å². The van der Waals surface area contributed by atoms with E-state index in [0.29, 0.717) is 0 Å². The lowest BCUT2D eigenvalue weighted by atomic mass is 10.0. The van der Waals surface area contributed by atoms with E-state index < -0.39 is 45.3 Å². The predicted octanol–water partition coefficient (Wildman–Crippen LogP) is 1.70. The third-order valence-corrected chi connectivity index (χ3v) is 4.32. The van der Waals surface area contributed by atoms with Gasteiger partial charge in [-0.2, -0.15) is 8.42 Å². The minimum atomic E-state index is -5.08. The summed E-state index contributed by atoms with van der Waals surface area (Å²) in [7, 11) is -5.08. The molecule has 8 nitrogen and oxygen atoms in total. The van der Waals surface area contributed by atoms with Crippen molar-refractivity contribution < 1.29 is 36.1 Å². The Morgan fingerprint density at radius 3 is 2.44 bits per heavy atom. The standard InChI is InChI=1S/C18H15NO7S/c19-17-16(26-27(23,24)10-11-4-2-1-3-5-11)14(20)15(25-17)12-6-8-13(9-7-12)18(21)22/h1-9,15H,10,19H2,(H,21,22)/t15-/m0/s1/i10D2,15D. The zero-order chi connectivity index (χ0) is 22.3. The van der Waals surface area contributed by atoms with Crippen LogP contribution in [0.1, 0.15) is 31.7 Å². The second-order valence-electron chi connectivity index (χ2n) is 5.34. The maximum atomic E-state index is 12.7. The number of aromatic carboxylic acids is 1. The Hall–Kier alpha value is -3.33. The zero-order valence-corrected chi connectivity index (χ0v) is 14.4. The van der Waals surface area contributed by atoms with Crippen LogP contribution in [-0.2, 0) is 29.5 Å². The van der Waals surface area contributed by atoms with Crippen molar-refractivity contribution in [3.8, 4) is 0 Å². The van der Waals surface area contributed by atoms with E-state index in [1.807, 2.05) is 0 Å². The second kappa shape index (κ2) is 7.12. The lowest BCUT2D eigenvalue weighted by molar-refractivity contribution is -0.123. The minimum absolute atomic E-state index is 0.108. The quantitative estimate of drug-likeness (QED) is 0.710. The lowest BCUT2D eigenvalue weighted by Gasteiger charge is -2.10. The number of ketones is 1. The molecule has 1 heterocycles. The molecule has 140 valence electrons. The molecule has 0 aromatic heterocycles. The maximum absolute atomic E-state index is 12.7. The Kier molecular flexibility index (Phi) is 3.90. The van der Waals surface area contributed by atoms with Crippen LogP contribution < -0.4 is 5.73 Å². The van der Waals surface area contributed by atoms with Crippen LogP contribution in [-0.4, -0.2) is 25.3 Å². The average molecular weight is 392 g/mol. The zero-order valence-electron chi connectivity index (χ0n) is 16.6. The molecule has 2 aromatic carbocycles. The Labute approximate surface area is 159 Å².